The van der Waals surface area contributed by atoms with E-state index < -0.39 is 10.0 Å². The van der Waals surface area contributed by atoms with E-state index in [1.807, 2.05) is 6.92 Å². The van der Waals surface area contributed by atoms with Gasteiger partial charge in [0.2, 0.25) is 0 Å². The minimum absolute atomic E-state index is 0. The molecule has 1 aliphatic heterocycles. The molecule has 10 heteroatoms. The highest BCUT2D eigenvalue weighted by Crippen LogP contribution is 2.32. The third-order valence-electron chi connectivity index (χ3n) is 5.20. The fourth-order valence-corrected chi connectivity index (χ4v) is 5.21. The standard InChI is InChI=1S/C20H23ClN4O3S.ClH/c1-13-12-25(20-17(13)9-14(21)11-23-20)29(26,27)16-3-4-19(28-2)18(10-16)24-15-5-7-22-8-6-15;/h3-4,9-12,15,22,24H,5-8H2,1-2H3;1H. The number of hydrogen-bond donors (Lipinski definition) is 2. The van der Waals surface area contributed by atoms with Gasteiger partial charge in [-0.3, -0.25) is 0 Å². The summed E-state index contributed by atoms with van der Waals surface area (Å²) in [6, 6.07) is 6.86. The van der Waals surface area contributed by atoms with Gasteiger partial charge in [0.15, 0.2) is 5.65 Å². The van der Waals surface area contributed by atoms with Gasteiger partial charge in [0.05, 0.1) is 22.7 Å². The van der Waals surface area contributed by atoms with Crippen molar-refractivity contribution in [1.29, 1.82) is 0 Å². The first kappa shape index (κ1) is 22.7. The summed E-state index contributed by atoms with van der Waals surface area (Å²) in [5.74, 6) is 0.612. The lowest BCUT2D eigenvalue weighted by Gasteiger charge is -2.25. The molecule has 0 radical (unpaired) electrons. The summed E-state index contributed by atoms with van der Waals surface area (Å²) in [5.41, 5.74) is 1.82. The van der Waals surface area contributed by atoms with Gasteiger partial charge in [-0.1, -0.05) is 11.6 Å². The molecule has 3 aromatic rings. The van der Waals surface area contributed by atoms with E-state index >= 15 is 0 Å². The SMILES string of the molecule is COc1ccc(S(=O)(=O)n2cc(C)c3cc(Cl)cnc32)cc1NC1CCNCC1.Cl. The summed E-state index contributed by atoms with van der Waals surface area (Å²) in [5, 5.41) is 7.94. The Hall–Kier alpha value is -2.00. The maximum absolute atomic E-state index is 13.4. The smallest absolute Gasteiger partial charge is 0.269 e. The molecule has 0 saturated carbocycles. The van der Waals surface area contributed by atoms with Crippen molar-refractivity contribution in [3.8, 4) is 5.75 Å². The Morgan fingerprint density at radius 3 is 2.70 bits per heavy atom. The lowest BCUT2D eigenvalue weighted by atomic mass is 10.1. The van der Waals surface area contributed by atoms with Crippen LogP contribution in [0.2, 0.25) is 5.02 Å². The van der Waals surface area contributed by atoms with Gasteiger partial charge in [0, 0.05) is 23.8 Å². The van der Waals surface area contributed by atoms with E-state index in [2.05, 4.69) is 15.6 Å². The molecule has 162 valence electrons. The first-order chi connectivity index (χ1) is 13.9. The molecule has 0 atom stereocenters. The Morgan fingerprint density at radius 1 is 1.27 bits per heavy atom. The molecular weight excluding hydrogens is 447 g/mol. The van der Waals surface area contributed by atoms with Gasteiger partial charge in [-0.15, -0.1) is 12.4 Å². The Morgan fingerprint density at radius 2 is 2.00 bits per heavy atom. The lowest BCUT2D eigenvalue weighted by Crippen LogP contribution is -2.35. The summed E-state index contributed by atoms with van der Waals surface area (Å²) in [7, 11) is -2.27. The molecule has 1 aromatic carbocycles. The van der Waals surface area contributed by atoms with Gasteiger partial charge in [-0.2, -0.15) is 0 Å². The highest BCUT2D eigenvalue weighted by atomic mass is 35.5. The minimum Gasteiger partial charge on any atom is -0.495 e. The van der Waals surface area contributed by atoms with Crippen LogP contribution in [-0.2, 0) is 10.0 Å². The number of aryl methyl sites for hydroxylation is 1. The maximum atomic E-state index is 13.4. The molecule has 1 aliphatic rings. The van der Waals surface area contributed by atoms with Crippen molar-refractivity contribution >= 4 is 50.8 Å². The first-order valence-corrected chi connectivity index (χ1v) is 11.3. The topological polar surface area (TPSA) is 85.2 Å². The summed E-state index contributed by atoms with van der Waals surface area (Å²) in [6.45, 7) is 3.70. The number of ether oxygens (including phenoxy) is 1. The molecule has 0 bridgehead atoms. The number of nitrogens with one attached hydrogen (secondary N) is 2. The van der Waals surface area contributed by atoms with Crippen molar-refractivity contribution in [3.05, 3.63) is 47.2 Å². The number of rotatable bonds is 5. The van der Waals surface area contributed by atoms with E-state index in [-0.39, 0.29) is 23.3 Å². The van der Waals surface area contributed by atoms with E-state index in [1.165, 1.54) is 10.2 Å². The molecule has 0 amide bonds. The summed E-state index contributed by atoms with van der Waals surface area (Å²) >= 11 is 6.03. The monoisotopic (exact) mass is 470 g/mol. The van der Waals surface area contributed by atoms with E-state index in [0.29, 0.717) is 27.5 Å². The van der Waals surface area contributed by atoms with Crippen LogP contribution in [0.1, 0.15) is 18.4 Å². The lowest BCUT2D eigenvalue weighted by molar-refractivity contribution is 0.413. The van der Waals surface area contributed by atoms with Crippen LogP contribution in [-0.4, -0.2) is 43.6 Å². The molecule has 2 N–H and O–H groups in total. The number of hydrogen-bond acceptors (Lipinski definition) is 6. The van der Waals surface area contributed by atoms with Crippen molar-refractivity contribution < 1.29 is 13.2 Å². The first-order valence-electron chi connectivity index (χ1n) is 9.44. The van der Waals surface area contributed by atoms with Crippen molar-refractivity contribution in [2.75, 3.05) is 25.5 Å². The predicted molar refractivity (Wildman–Crippen MR) is 122 cm³/mol. The molecule has 0 aliphatic carbocycles. The van der Waals surface area contributed by atoms with Crippen LogP contribution in [0, 0.1) is 6.92 Å². The second kappa shape index (κ2) is 9.01. The molecule has 4 rings (SSSR count). The van der Waals surface area contributed by atoms with Gasteiger partial charge in [-0.05, 0) is 62.7 Å². The van der Waals surface area contributed by atoms with Crippen LogP contribution in [0.5, 0.6) is 5.75 Å². The molecule has 1 saturated heterocycles. The largest absolute Gasteiger partial charge is 0.495 e. The number of aromatic nitrogens is 2. The summed E-state index contributed by atoms with van der Waals surface area (Å²) in [6.07, 6.45) is 4.96. The molecule has 2 aromatic heterocycles. The number of halogens is 2. The molecule has 0 unspecified atom stereocenters. The molecule has 0 spiro atoms. The number of benzene rings is 1. The van der Waals surface area contributed by atoms with Crippen molar-refractivity contribution in [2.24, 2.45) is 0 Å². The zero-order valence-corrected chi connectivity index (χ0v) is 19.1. The third-order valence-corrected chi connectivity index (χ3v) is 7.06. The zero-order chi connectivity index (χ0) is 20.6. The van der Waals surface area contributed by atoms with Gasteiger partial charge in [-0.25, -0.2) is 17.4 Å². The van der Waals surface area contributed by atoms with Gasteiger partial charge >= 0.3 is 0 Å². The van der Waals surface area contributed by atoms with E-state index in [1.54, 1.807) is 37.6 Å². The number of anilines is 1. The molecule has 3 heterocycles. The number of pyridine rings is 1. The number of piperidine rings is 1. The molecule has 1 fully saturated rings. The highest BCUT2D eigenvalue weighted by Gasteiger charge is 2.23. The van der Waals surface area contributed by atoms with Crippen molar-refractivity contribution in [2.45, 2.75) is 30.7 Å². The quantitative estimate of drug-likeness (QED) is 0.589. The van der Waals surface area contributed by atoms with Crippen LogP contribution in [0.25, 0.3) is 11.0 Å². The molecular formula is C20H24Cl2N4O3S. The van der Waals surface area contributed by atoms with E-state index in [4.69, 9.17) is 16.3 Å². The van der Waals surface area contributed by atoms with Gasteiger partial charge < -0.3 is 15.4 Å². The normalized spacial score (nSPS) is 15.0. The zero-order valence-electron chi connectivity index (χ0n) is 16.7. The Balaban J connectivity index is 0.00000256. The Kier molecular flexibility index (Phi) is 6.81. The van der Waals surface area contributed by atoms with E-state index in [0.717, 1.165) is 31.5 Å². The highest BCUT2D eigenvalue weighted by molar-refractivity contribution is 7.90. The minimum atomic E-state index is -3.84. The van der Waals surface area contributed by atoms with Crippen LogP contribution in [0.4, 0.5) is 5.69 Å². The molecule has 7 nitrogen and oxygen atoms in total. The summed E-state index contributed by atoms with van der Waals surface area (Å²) < 4.78 is 33.5. The third kappa shape index (κ3) is 4.23. The van der Waals surface area contributed by atoms with Gasteiger partial charge in [0.1, 0.15) is 5.75 Å². The second-order valence-electron chi connectivity index (χ2n) is 7.17. The van der Waals surface area contributed by atoms with Gasteiger partial charge in [0.25, 0.3) is 10.0 Å². The van der Waals surface area contributed by atoms with E-state index in [9.17, 15) is 8.42 Å². The number of fused-ring (bicyclic) bond motifs is 1. The Labute approximate surface area is 187 Å². The summed E-state index contributed by atoms with van der Waals surface area (Å²) in [4.78, 5) is 4.42. The maximum Gasteiger partial charge on any atom is 0.269 e. The average molecular weight is 471 g/mol. The number of nitrogens with zero attached hydrogens (tertiary/aromatic N) is 2. The molecule has 30 heavy (non-hydrogen) atoms. The average Bonchev–Trinajstić information content (AvgIpc) is 3.05. The van der Waals surface area contributed by atoms with Crippen LogP contribution < -0.4 is 15.4 Å². The predicted octanol–water partition coefficient (Wildman–Crippen LogP) is 3.83. The number of methoxy groups -OCH3 is 1. The van der Waals surface area contributed by atoms with Crippen LogP contribution in [0.3, 0.4) is 0 Å². The fraction of sp³-hybridized carbons (Fsp3) is 0.350. The van der Waals surface area contributed by atoms with Crippen molar-refractivity contribution in [3.63, 3.8) is 0 Å². The van der Waals surface area contributed by atoms with Crippen LogP contribution >= 0.6 is 24.0 Å². The second-order valence-corrected chi connectivity index (χ2v) is 9.42. The fourth-order valence-electron chi connectivity index (χ4n) is 3.65. The van der Waals surface area contributed by atoms with Crippen LogP contribution in [0.15, 0.2) is 41.6 Å². The Bertz CT molecular complexity index is 1160. The van der Waals surface area contributed by atoms with Crippen molar-refractivity contribution in [1.82, 2.24) is 14.3 Å².